The van der Waals surface area contributed by atoms with Crippen molar-refractivity contribution < 1.29 is 9.47 Å². The molecule has 0 spiro atoms. The number of H-pyrrole nitrogens is 2. The molecule has 23 heavy (non-hydrogen) atoms. The van der Waals surface area contributed by atoms with Crippen molar-refractivity contribution in [3.05, 3.63) is 67.7 Å². The topological polar surface area (TPSA) is 134 Å². The first-order valence-electron chi connectivity index (χ1n) is 6.63. The number of benzene rings is 1. The number of rotatable bonds is 2. The Morgan fingerprint density at radius 3 is 2.74 bits per heavy atom. The average molecular weight is 312 g/mol. The molecule has 0 bridgehead atoms. The van der Waals surface area contributed by atoms with Crippen LogP contribution in [0.5, 0.6) is 11.6 Å². The molecule has 2 aromatic rings. The fourth-order valence-corrected chi connectivity index (χ4v) is 2.61. The van der Waals surface area contributed by atoms with E-state index in [0.717, 1.165) is 0 Å². The Hall–Kier alpha value is -3.47. The lowest BCUT2D eigenvalue weighted by Gasteiger charge is -2.25. The molecule has 2 heterocycles. The summed E-state index contributed by atoms with van der Waals surface area (Å²) in [5, 5.41) is 9.43. The van der Waals surface area contributed by atoms with E-state index in [2.05, 4.69) is 9.97 Å². The quantitative estimate of drug-likeness (QED) is 0.729. The number of aromatic amines is 2. The van der Waals surface area contributed by atoms with Crippen LogP contribution in [0.15, 0.2) is 45.3 Å². The molecule has 8 nitrogen and oxygen atoms in total. The summed E-state index contributed by atoms with van der Waals surface area (Å²) in [4.78, 5) is 28.2. The van der Waals surface area contributed by atoms with E-state index in [1.807, 2.05) is 6.07 Å². The Morgan fingerprint density at radius 1 is 1.30 bits per heavy atom. The van der Waals surface area contributed by atoms with E-state index in [0.29, 0.717) is 11.3 Å². The van der Waals surface area contributed by atoms with Crippen LogP contribution < -0.4 is 26.5 Å². The summed E-state index contributed by atoms with van der Waals surface area (Å²) in [7, 11) is 1.48. The third-order valence-electron chi connectivity index (χ3n) is 3.57. The van der Waals surface area contributed by atoms with Crippen LogP contribution in [0, 0.1) is 11.3 Å². The lowest BCUT2D eigenvalue weighted by Crippen LogP contribution is -2.33. The summed E-state index contributed by atoms with van der Waals surface area (Å²) in [5.41, 5.74) is 5.14. The van der Waals surface area contributed by atoms with Crippen LogP contribution in [0.1, 0.15) is 17.0 Å². The highest BCUT2D eigenvalue weighted by Gasteiger charge is 2.35. The Balaban J connectivity index is 2.37. The molecule has 0 aliphatic carbocycles. The summed E-state index contributed by atoms with van der Waals surface area (Å²) in [6.45, 7) is 0. The predicted octanol–water partition coefficient (Wildman–Crippen LogP) is 0.290. The fourth-order valence-electron chi connectivity index (χ4n) is 2.61. The van der Waals surface area contributed by atoms with E-state index in [-0.39, 0.29) is 22.9 Å². The van der Waals surface area contributed by atoms with Gasteiger partial charge in [-0.2, -0.15) is 5.26 Å². The third-order valence-corrected chi connectivity index (χ3v) is 3.57. The van der Waals surface area contributed by atoms with Gasteiger partial charge in [-0.1, -0.05) is 18.2 Å². The number of nitrogens with two attached hydrogens (primary N) is 1. The van der Waals surface area contributed by atoms with Gasteiger partial charge in [0.15, 0.2) is 0 Å². The van der Waals surface area contributed by atoms with Gasteiger partial charge in [-0.15, -0.1) is 0 Å². The highest BCUT2D eigenvalue weighted by Crippen LogP contribution is 2.41. The fraction of sp³-hybridized carbons (Fsp3) is 0.133. The van der Waals surface area contributed by atoms with Crippen LogP contribution in [-0.2, 0) is 0 Å². The van der Waals surface area contributed by atoms with E-state index in [1.165, 1.54) is 7.11 Å². The molecule has 0 unspecified atom stereocenters. The standard InChI is InChI=1S/C15H12N4O4/c1-22-9-5-3-2-4-7(9)10-8(6-16)12(17)23-14-11(10)13(20)18-15(21)19-14/h2-5,10H,17H2,1H3,(H2,18,19,20,21)/t10-/m0/s1. The normalized spacial score (nSPS) is 16.3. The zero-order valence-corrected chi connectivity index (χ0v) is 12.0. The second kappa shape index (κ2) is 5.38. The molecule has 1 aliphatic rings. The van der Waals surface area contributed by atoms with Crippen molar-refractivity contribution in [3.63, 3.8) is 0 Å². The van der Waals surface area contributed by atoms with Gasteiger partial charge in [0.2, 0.25) is 11.8 Å². The van der Waals surface area contributed by atoms with Crippen molar-refractivity contribution in [1.29, 1.82) is 5.26 Å². The maximum atomic E-state index is 12.3. The zero-order chi connectivity index (χ0) is 16.6. The highest BCUT2D eigenvalue weighted by atomic mass is 16.5. The van der Waals surface area contributed by atoms with Gasteiger partial charge >= 0.3 is 5.69 Å². The summed E-state index contributed by atoms with van der Waals surface area (Å²) >= 11 is 0. The van der Waals surface area contributed by atoms with Crippen molar-refractivity contribution in [2.45, 2.75) is 5.92 Å². The predicted molar refractivity (Wildman–Crippen MR) is 80.0 cm³/mol. The molecule has 1 aliphatic heterocycles. The molecule has 1 aromatic carbocycles. The molecule has 1 aromatic heterocycles. The molecule has 0 saturated heterocycles. The highest BCUT2D eigenvalue weighted by molar-refractivity contribution is 5.55. The largest absolute Gasteiger partial charge is 0.496 e. The van der Waals surface area contributed by atoms with Crippen LogP contribution in [0.3, 0.4) is 0 Å². The van der Waals surface area contributed by atoms with Crippen LogP contribution in [-0.4, -0.2) is 17.1 Å². The number of ether oxygens (including phenoxy) is 2. The number of para-hydroxylation sites is 1. The smallest absolute Gasteiger partial charge is 0.328 e. The molecule has 4 N–H and O–H groups in total. The molecule has 3 rings (SSSR count). The number of nitriles is 1. The molecule has 116 valence electrons. The van der Waals surface area contributed by atoms with Crippen LogP contribution in [0.4, 0.5) is 0 Å². The molecule has 0 fully saturated rings. The van der Waals surface area contributed by atoms with E-state index in [9.17, 15) is 14.9 Å². The molecular weight excluding hydrogens is 300 g/mol. The summed E-state index contributed by atoms with van der Waals surface area (Å²) < 4.78 is 10.5. The van der Waals surface area contributed by atoms with Crippen LogP contribution in [0.25, 0.3) is 0 Å². The van der Waals surface area contributed by atoms with Gasteiger partial charge in [-0.05, 0) is 6.07 Å². The second-order valence-electron chi connectivity index (χ2n) is 4.82. The molecule has 1 atom stereocenters. The minimum absolute atomic E-state index is 0.0690. The van der Waals surface area contributed by atoms with Gasteiger partial charge in [-0.25, -0.2) is 4.79 Å². The van der Waals surface area contributed by atoms with Crippen LogP contribution in [0.2, 0.25) is 0 Å². The minimum atomic E-state index is -0.805. The number of hydrogen-bond acceptors (Lipinski definition) is 6. The number of nitrogens with one attached hydrogen (secondary N) is 2. The van der Waals surface area contributed by atoms with Gasteiger partial charge < -0.3 is 15.2 Å². The first kappa shape index (κ1) is 14.5. The minimum Gasteiger partial charge on any atom is -0.496 e. The summed E-state index contributed by atoms with van der Waals surface area (Å²) in [5.74, 6) is -0.569. The Kier molecular flexibility index (Phi) is 3.38. The first-order valence-corrected chi connectivity index (χ1v) is 6.63. The number of nitrogens with zero attached hydrogens (tertiary/aromatic N) is 1. The molecule has 0 saturated carbocycles. The van der Waals surface area contributed by atoms with Gasteiger partial charge in [-0.3, -0.25) is 14.8 Å². The lowest BCUT2D eigenvalue weighted by molar-refractivity contribution is 0.369. The zero-order valence-electron chi connectivity index (χ0n) is 12.0. The maximum Gasteiger partial charge on any atom is 0.328 e. The van der Waals surface area contributed by atoms with Crippen molar-refractivity contribution in [2.75, 3.05) is 7.11 Å². The maximum absolute atomic E-state index is 12.3. The number of hydrogen-bond donors (Lipinski definition) is 3. The van der Waals surface area contributed by atoms with Crippen LogP contribution >= 0.6 is 0 Å². The molecular formula is C15H12N4O4. The number of allylic oxidation sites excluding steroid dienone is 1. The average Bonchev–Trinajstić information content (AvgIpc) is 2.53. The molecule has 8 heteroatoms. The van der Waals surface area contributed by atoms with E-state index >= 15 is 0 Å². The van der Waals surface area contributed by atoms with Gasteiger partial charge in [0, 0.05) is 5.56 Å². The molecule has 0 radical (unpaired) electrons. The van der Waals surface area contributed by atoms with Gasteiger partial charge in [0.1, 0.15) is 17.4 Å². The van der Waals surface area contributed by atoms with Gasteiger partial charge in [0.05, 0.1) is 18.6 Å². The van der Waals surface area contributed by atoms with E-state index in [1.54, 1.807) is 24.3 Å². The Labute approximate surface area is 129 Å². The van der Waals surface area contributed by atoms with E-state index < -0.39 is 17.2 Å². The number of fused-ring (bicyclic) bond motifs is 1. The first-order chi connectivity index (χ1) is 11.1. The number of aromatic nitrogens is 2. The SMILES string of the molecule is COc1ccccc1[C@H]1C(C#N)=C(N)Oc2[nH]c(=O)[nH]c(=O)c21. The van der Waals surface area contributed by atoms with Crippen molar-refractivity contribution >= 4 is 0 Å². The van der Waals surface area contributed by atoms with Gasteiger partial charge in [0.25, 0.3) is 5.56 Å². The summed E-state index contributed by atoms with van der Waals surface area (Å²) in [6, 6.07) is 8.90. The van der Waals surface area contributed by atoms with Crippen molar-refractivity contribution in [3.8, 4) is 17.7 Å². The second-order valence-corrected chi connectivity index (χ2v) is 4.82. The van der Waals surface area contributed by atoms with Crippen molar-refractivity contribution in [1.82, 2.24) is 9.97 Å². The number of methoxy groups -OCH3 is 1. The van der Waals surface area contributed by atoms with E-state index in [4.69, 9.17) is 15.2 Å². The summed E-state index contributed by atoms with van der Waals surface area (Å²) in [6.07, 6.45) is 0. The Morgan fingerprint density at radius 2 is 2.04 bits per heavy atom. The Bertz CT molecular complexity index is 964. The third kappa shape index (κ3) is 2.24. The monoisotopic (exact) mass is 312 g/mol. The molecule has 0 amide bonds. The van der Waals surface area contributed by atoms with Crippen molar-refractivity contribution in [2.24, 2.45) is 5.73 Å². The lowest BCUT2D eigenvalue weighted by atomic mass is 9.84.